The molecule has 0 aliphatic carbocycles. The van der Waals surface area contributed by atoms with Crippen molar-refractivity contribution in [3.8, 4) is 0 Å². The molecule has 1 aliphatic rings. The molecule has 5 nitrogen and oxygen atoms in total. The number of aliphatic hydroxyl groups excluding tert-OH is 1. The summed E-state index contributed by atoms with van der Waals surface area (Å²) in [5, 5.41) is 10.7. The predicted octanol–water partition coefficient (Wildman–Crippen LogP) is 4.33. The fourth-order valence-electron chi connectivity index (χ4n) is 3.49. The maximum Gasteiger partial charge on any atom is 0.295 e. The molecule has 0 spiro atoms. The van der Waals surface area contributed by atoms with Crippen LogP contribution in [0.5, 0.6) is 0 Å². The topological polar surface area (TPSA) is 74.7 Å². The summed E-state index contributed by atoms with van der Waals surface area (Å²) in [4.78, 5) is 14.0. The summed E-state index contributed by atoms with van der Waals surface area (Å²) in [5.41, 5.74) is 2.02. The molecule has 6 heteroatoms. The molecular formula is C23H19NO4S. The number of nitrogens with zero attached hydrogens (tertiary/aromatic N) is 1. The Morgan fingerprint density at radius 1 is 0.828 bits per heavy atom. The number of carbonyl (C=O) groups is 1. The number of hydrogen-bond acceptors (Lipinski definition) is 4. The Hall–Kier alpha value is -3.38. The van der Waals surface area contributed by atoms with Crippen LogP contribution < -0.4 is 4.90 Å². The van der Waals surface area contributed by atoms with Crippen LogP contribution in [0.25, 0.3) is 0 Å². The molecule has 0 bridgehead atoms. The van der Waals surface area contributed by atoms with E-state index in [-0.39, 0.29) is 9.80 Å². The lowest BCUT2D eigenvalue weighted by atomic mass is 10.1. The van der Waals surface area contributed by atoms with Gasteiger partial charge < -0.3 is 5.11 Å². The van der Waals surface area contributed by atoms with Gasteiger partial charge in [-0.15, -0.1) is 0 Å². The standard InChI is InChI=1S/C23H19NO4S/c1-16-12-14-19(15-13-16)29(27,28)22-20(17-8-4-2-5-9-17)24(23(26)21(22)25)18-10-6-3-7-11-18/h2-15,20,25H,1H3/t20-/m1/s1. The second-order valence-electron chi connectivity index (χ2n) is 6.85. The number of amides is 1. The fourth-order valence-corrected chi connectivity index (χ4v) is 5.12. The second kappa shape index (κ2) is 7.22. The monoisotopic (exact) mass is 405 g/mol. The van der Waals surface area contributed by atoms with Gasteiger partial charge in [0.2, 0.25) is 9.84 Å². The molecule has 0 unspecified atom stereocenters. The van der Waals surface area contributed by atoms with Crippen molar-refractivity contribution in [1.82, 2.24) is 0 Å². The molecule has 1 N–H and O–H groups in total. The van der Waals surface area contributed by atoms with Crippen molar-refractivity contribution in [1.29, 1.82) is 0 Å². The molecule has 0 radical (unpaired) electrons. The molecule has 3 aromatic rings. The van der Waals surface area contributed by atoms with Gasteiger partial charge in [-0.05, 0) is 36.8 Å². The zero-order valence-corrected chi connectivity index (χ0v) is 16.5. The van der Waals surface area contributed by atoms with E-state index in [1.807, 2.05) is 13.0 Å². The van der Waals surface area contributed by atoms with E-state index in [4.69, 9.17) is 0 Å². The summed E-state index contributed by atoms with van der Waals surface area (Å²) >= 11 is 0. The Morgan fingerprint density at radius 2 is 1.38 bits per heavy atom. The molecule has 4 rings (SSSR count). The lowest BCUT2D eigenvalue weighted by Gasteiger charge is -2.27. The average molecular weight is 405 g/mol. The van der Waals surface area contributed by atoms with Crippen LogP contribution in [0.3, 0.4) is 0 Å². The van der Waals surface area contributed by atoms with Gasteiger partial charge in [-0.3, -0.25) is 9.69 Å². The van der Waals surface area contributed by atoms with Gasteiger partial charge in [0.1, 0.15) is 10.9 Å². The largest absolute Gasteiger partial charge is 0.502 e. The summed E-state index contributed by atoms with van der Waals surface area (Å²) in [6.45, 7) is 1.86. The van der Waals surface area contributed by atoms with Gasteiger partial charge in [-0.25, -0.2) is 8.42 Å². The molecule has 3 aromatic carbocycles. The van der Waals surface area contributed by atoms with Crippen LogP contribution in [-0.4, -0.2) is 19.4 Å². The number of rotatable bonds is 4. The van der Waals surface area contributed by atoms with E-state index in [0.717, 1.165) is 5.56 Å². The Bertz CT molecular complexity index is 1180. The van der Waals surface area contributed by atoms with Crippen LogP contribution in [0.1, 0.15) is 17.2 Å². The van der Waals surface area contributed by atoms with Crippen molar-refractivity contribution >= 4 is 21.4 Å². The first-order valence-corrected chi connectivity index (χ1v) is 10.6. The van der Waals surface area contributed by atoms with Gasteiger partial charge in [0.15, 0.2) is 5.76 Å². The van der Waals surface area contributed by atoms with Crippen molar-refractivity contribution in [3.63, 3.8) is 0 Å². The van der Waals surface area contributed by atoms with Gasteiger partial charge in [-0.1, -0.05) is 66.2 Å². The van der Waals surface area contributed by atoms with E-state index in [1.54, 1.807) is 66.7 Å². The van der Waals surface area contributed by atoms with E-state index in [2.05, 4.69) is 0 Å². The van der Waals surface area contributed by atoms with E-state index in [0.29, 0.717) is 11.3 Å². The number of benzene rings is 3. The molecule has 1 amide bonds. The molecule has 0 saturated heterocycles. The quantitative estimate of drug-likeness (QED) is 0.701. The first kappa shape index (κ1) is 19.0. The van der Waals surface area contributed by atoms with Crippen LogP contribution in [0.2, 0.25) is 0 Å². The zero-order chi connectivity index (χ0) is 20.6. The number of carbonyl (C=O) groups excluding carboxylic acids is 1. The van der Waals surface area contributed by atoms with Crippen molar-refractivity contribution in [2.45, 2.75) is 17.9 Å². The van der Waals surface area contributed by atoms with Gasteiger partial charge in [0, 0.05) is 5.69 Å². The van der Waals surface area contributed by atoms with E-state index in [9.17, 15) is 18.3 Å². The smallest absolute Gasteiger partial charge is 0.295 e. The minimum absolute atomic E-state index is 0.0355. The van der Waals surface area contributed by atoms with E-state index < -0.39 is 27.5 Å². The third kappa shape index (κ3) is 3.21. The van der Waals surface area contributed by atoms with Crippen molar-refractivity contribution in [3.05, 3.63) is 107 Å². The summed E-state index contributed by atoms with van der Waals surface area (Å²) in [6, 6.07) is 23.0. The van der Waals surface area contributed by atoms with Gasteiger partial charge in [0.05, 0.1) is 4.90 Å². The number of aryl methyl sites for hydroxylation is 1. The molecular weight excluding hydrogens is 386 g/mol. The average Bonchev–Trinajstić information content (AvgIpc) is 3.01. The molecule has 0 aromatic heterocycles. The van der Waals surface area contributed by atoms with Crippen LogP contribution in [-0.2, 0) is 14.6 Å². The maximum absolute atomic E-state index is 13.5. The van der Waals surface area contributed by atoms with Gasteiger partial charge in [-0.2, -0.15) is 0 Å². The number of para-hydroxylation sites is 1. The first-order valence-electron chi connectivity index (χ1n) is 9.09. The number of aliphatic hydroxyl groups is 1. The Balaban J connectivity index is 1.93. The number of sulfone groups is 1. The molecule has 0 fully saturated rings. The zero-order valence-electron chi connectivity index (χ0n) is 15.7. The Labute approximate surface area is 169 Å². The molecule has 1 aliphatic heterocycles. The van der Waals surface area contributed by atoms with Crippen molar-refractivity contribution in [2.75, 3.05) is 4.90 Å². The van der Waals surface area contributed by atoms with Crippen LogP contribution in [0.4, 0.5) is 5.69 Å². The Kier molecular flexibility index (Phi) is 4.72. The van der Waals surface area contributed by atoms with E-state index >= 15 is 0 Å². The number of anilines is 1. The van der Waals surface area contributed by atoms with Crippen molar-refractivity contribution in [2.24, 2.45) is 0 Å². The third-order valence-corrected chi connectivity index (χ3v) is 6.82. The lowest BCUT2D eigenvalue weighted by molar-refractivity contribution is -0.117. The molecule has 1 heterocycles. The highest BCUT2D eigenvalue weighted by atomic mass is 32.2. The maximum atomic E-state index is 13.5. The van der Waals surface area contributed by atoms with Crippen LogP contribution in [0.15, 0.2) is 100 Å². The first-order chi connectivity index (χ1) is 13.9. The summed E-state index contributed by atoms with van der Waals surface area (Å²) in [6.07, 6.45) is 0. The van der Waals surface area contributed by atoms with Crippen molar-refractivity contribution < 1.29 is 18.3 Å². The fraction of sp³-hybridized carbons (Fsp3) is 0.0870. The van der Waals surface area contributed by atoms with Gasteiger partial charge >= 0.3 is 0 Å². The summed E-state index contributed by atoms with van der Waals surface area (Å²) < 4.78 is 26.9. The molecule has 1 atom stereocenters. The summed E-state index contributed by atoms with van der Waals surface area (Å²) in [5.74, 6) is -1.49. The SMILES string of the molecule is Cc1ccc(S(=O)(=O)C2=C(O)C(=O)N(c3ccccc3)[C@@H]2c2ccccc2)cc1. The molecule has 29 heavy (non-hydrogen) atoms. The highest BCUT2D eigenvalue weighted by Gasteiger charge is 2.47. The second-order valence-corrected chi connectivity index (χ2v) is 8.77. The summed E-state index contributed by atoms with van der Waals surface area (Å²) in [7, 11) is -4.11. The molecule has 0 saturated carbocycles. The van der Waals surface area contributed by atoms with Gasteiger partial charge in [0.25, 0.3) is 5.91 Å². The lowest BCUT2D eigenvalue weighted by Crippen LogP contribution is -2.31. The highest BCUT2D eigenvalue weighted by Crippen LogP contribution is 2.44. The number of hydrogen-bond donors (Lipinski definition) is 1. The minimum atomic E-state index is -4.11. The Morgan fingerprint density at radius 3 is 1.97 bits per heavy atom. The molecule has 146 valence electrons. The van der Waals surface area contributed by atoms with Crippen LogP contribution >= 0.6 is 0 Å². The highest BCUT2D eigenvalue weighted by molar-refractivity contribution is 7.95. The third-order valence-electron chi connectivity index (χ3n) is 4.93. The predicted molar refractivity (Wildman–Crippen MR) is 111 cm³/mol. The van der Waals surface area contributed by atoms with Crippen LogP contribution in [0, 0.1) is 6.92 Å². The van der Waals surface area contributed by atoms with E-state index in [1.165, 1.54) is 17.0 Å². The normalized spacial score (nSPS) is 17.1. The minimum Gasteiger partial charge on any atom is -0.502 e.